The molecule has 0 saturated carbocycles. The number of amides is 5. The van der Waals surface area contributed by atoms with Crippen LogP contribution in [0.1, 0.15) is 63.1 Å². The largest absolute Gasteiger partial charge is 0.497 e. The van der Waals surface area contributed by atoms with Crippen LogP contribution in [0.2, 0.25) is 0 Å². The number of aliphatic hydroxyl groups is 1. The second kappa shape index (κ2) is 21.2. The summed E-state index contributed by atoms with van der Waals surface area (Å²) in [6, 6.07) is 19.8. The lowest BCUT2D eigenvalue weighted by atomic mass is 9.95. The molecule has 2 heterocycles. The number of carbonyl (C=O) groups is 4. The lowest BCUT2D eigenvalue weighted by Gasteiger charge is -2.35. The zero-order valence-corrected chi connectivity index (χ0v) is 33.7. The third-order valence-corrected chi connectivity index (χ3v) is 10.5. The Morgan fingerprint density at radius 3 is 2.20 bits per heavy atom. The molecule has 3 aromatic rings. The molecule has 14 nitrogen and oxygen atoms in total. The van der Waals surface area contributed by atoms with Gasteiger partial charge in [0, 0.05) is 31.9 Å². The van der Waals surface area contributed by atoms with Gasteiger partial charge in [-0.05, 0) is 60.6 Å². The molecule has 4 rings (SSSR count). The van der Waals surface area contributed by atoms with Gasteiger partial charge in [-0.25, -0.2) is 14.6 Å². The van der Waals surface area contributed by atoms with Crippen LogP contribution in [0.5, 0.6) is 5.75 Å². The molecule has 0 spiro atoms. The number of nitrogens with one attached hydrogen (secondary N) is 3. The lowest BCUT2D eigenvalue weighted by molar-refractivity contribution is -0.132. The number of aryl methyl sites for hydroxylation is 1. The Balaban J connectivity index is 1.60. The molecule has 0 bridgehead atoms. The lowest BCUT2D eigenvalue weighted by Crippen LogP contribution is -2.59. The Hall–Kier alpha value is -5.21. The number of methoxy groups -OCH3 is 2. The smallest absolute Gasteiger partial charge is 0.407 e. The summed E-state index contributed by atoms with van der Waals surface area (Å²) >= 11 is 0. The van der Waals surface area contributed by atoms with E-state index >= 15 is 0 Å². The summed E-state index contributed by atoms with van der Waals surface area (Å²) in [7, 11) is 2.81. The van der Waals surface area contributed by atoms with Crippen molar-refractivity contribution in [1.82, 2.24) is 35.9 Å². The molecule has 5 amide bonds. The normalized spacial score (nSPS) is 16.1. The van der Waals surface area contributed by atoms with Crippen molar-refractivity contribution < 1.29 is 33.8 Å². The number of rotatable bonds is 20. The van der Waals surface area contributed by atoms with E-state index in [1.54, 1.807) is 34.1 Å². The third kappa shape index (κ3) is 12.1. The summed E-state index contributed by atoms with van der Waals surface area (Å²) in [6.07, 6.45) is -0.397. The monoisotopic (exact) mass is 773 g/mol. The highest BCUT2D eigenvalue weighted by Crippen LogP contribution is 2.23. The van der Waals surface area contributed by atoms with E-state index in [1.165, 1.54) is 7.11 Å². The van der Waals surface area contributed by atoms with Crippen molar-refractivity contribution in [2.75, 3.05) is 33.9 Å². The van der Waals surface area contributed by atoms with Gasteiger partial charge >= 0.3 is 12.1 Å². The quantitative estimate of drug-likeness (QED) is 0.122. The molecule has 0 aliphatic carbocycles. The molecular weight excluding hydrogens is 715 g/mol. The number of hydrazine groups is 1. The molecule has 304 valence electrons. The molecule has 2 aromatic carbocycles. The van der Waals surface area contributed by atoms with Crippen molar-refractivity contribution in [2.45, 2.75) is 91.2 Å². The van der Waals surface area contributed by atoms with Crippen LogP contribution in [0.3, 0.4) is 0 Å². The number of benzene rings is 2. The van der Waals surface area contributed by atoms with Crippen LogP contribution >= 0.6 is 0 Å². The first-order valence-electron chi connectivity index (χ1n) is 19.4. The summed E-state index contributed by atoms with van der Waals surface area (Å²) in [5, 5.41) is 19.4. The highest BCUT2D eigenvalue weighted by Gasteiger charge is 2.41. The molecular formula is C42H59N7O7. The molecule has 6 atom stereocenters. The number of urea groups is 1. The van der Waals surface area contributed by atoms with Crippen molar-refractivity contribution in [3.05, 3.63) is 95.3 Å². The van der Waals surface area contributed by atoms with Crippen LogP contribution in [0.25, 0.3) is 0 Å². The van der Waals surface area contributed by atoms with Gasteiger partial charge in [0.2, 0.25) is 5.91 Å². The van der Waals surface area contributed by atoms with E-state index in [9.17, 15) is 24.3 Å². The van der Waals surface area contributed by atoms with Crippen LogP contribution in [0, 0.1) is 18.8 Å². The maximum Gasteiger partial charge on any atom is 0.407 e. The highest BCUT2D eigenvalue weighted by molar-refractivity contribution is 5.88. The minimum absolute atomic E-state index is 0.0884. The molecule has 14 heteroatoms. The maximum atomic E-state index is 14.4. The average Bonchev–Trinajstić information content (AvgIpc) is 3.54. The van der Waals surface area contributed by atoms with Gasteiger partial charge in [0.25, 0.3) is 5.91 Å². The van der Waals surface area contributed by atoms with Gasteiger partial charge in [-0.1, -0.05) is 89.1 Å². The Morgan fingerprint density at radius 2 is 1.57 bits per heavy atom. The molecule has 4 N–H and O–H groups in total. The number of aromatic nitrogens is 1. The minimum Gasteiger partial charge on any atom is -0.497 e. The Morgan fingerprint density at radius 1 is 0.875 bits per heavy atom. The minimum atomic E-state index is -1.19. The fourth-order valence-electron chi connectivity index (χ4n) is 6.81. The number of pyridine rings is 1. The molecule has 0 radical (unpaired) electrons. The van der Waals surface area contributed by atoms with E-state index in [0.717, 1.165) is 22.5 Å². The zero-order chi connectivity index (χ0) is 40.8. The predicted octanol–water partition coefficient (Wildman–Crippen LogP) is 4.44. The summed E-state index contributed by atoms with van der Waals surface area (Å²) in [5.41, 5.74) is 6.27. The maximum absolute atomic E-state index is 14.4. The van der Waals surface area contributed by atoms with Gasteiger partial charge in [0.05, 0.1) is 38.6 Å². The van der Waals surface area contributed by atoms with E-state index in [4.69, 9.17) is 9.47 Å². The van der Waals surface area contributed by atoms with Gasteiger partial charge in [0.15, 0.2) is 0 Å². The van der Waals surface area contributed by atoms with E-state index in [2.05, 4.69) is 21.0 Å². The Kier molecular flexibility index (Phi) is 16.5. The number of nitrogens with zero attached hydrogens (tertiary/aromatic N) is 4. The van der Waals surface area contributed by atoms with Crippen LogP contribution < -0.4 is 20.8 Å². The van der Waals surface area contributed by atoms with Gasteiger partial charge in [-0.3, -0.25) is 20.0 Å². The van der Waals surface area contributed by atoms with E-state index in [0.29, 0.717) is 38.2 Å². The first-order chi connectivity index (χ1) is 26.9. The first kappa shape index (κ1) is 43.5. The number of hydrogen-bond acceptors (Lipinski definition) is 9. The van der Waals surface area contributed by atoms with Crippen molar-refractivity contribution in [1.29, 1.82) is 0 Å². The van der Waals surface area contributed by atoms with E-state index < -0.39 is 36.2 Å². The van der Waals surface area contributed by atoms with Gasteiger partial charge in [-0.15, -0.1) is 0 Å². The second-order valence-electron chi connectivity index (χ2n) is 14.6. The number of aliphatic hydroxyl groups excluding tert-OH is 1. The summed E-state index contributed by atoms with van der Waals surface area (Å²) in [6.45, 7) is 10.9. The van der Waals surface area contributed by atoms with Gasteiger partial charge in [-0.2, -0.15) is 0 Å². The Bertz CT molecular complexity index is 1730. The molecule has 1 aliphatic rings. The predicted molar refractivity (Wildman–Crippen MR) is 213 cm³/mol. The number of ether oxygens (including phenoxy) is 2. The van der Waals surface area contributed by atoms with Crippen LogP contribution in [0.4, 0.5) is 9.59 Å². The Labute approximate surface area is 330 Å². The topological polar surface area (TPSA) is 166 Å². The first-order valence-corrected chi connectivity index (χ1v) is 19.4. The van der Waals surface area contributed by atoms with E-state index in [-0.39, 0.29) is 43.3 Å². The number of alkyl carbamates (subject to hydrolysis) is 1. The fraction of sp³-hybridized carbons (Fsp3) is 0.500. The third-order valence-electron chi connectivity index (χ3n) is 10.5. The highest BCUT2D eigenvalue weighted by atomic mass is 16.5. The van der Waals surface area contributed by atoms with Crippen molar-refractivity contribution in [3.63, 3.8) is 0 Å². The molecule has 1 fully saturated rings. The van der Waals surface area contributed by atoms with Crippen LogP contribution in [-0.2, 0) is 33.8 Å². The SMILES string of the molecule is CCC(C)[C@H](NC(=O)OC)C(=O)NN(Cc1ccc(OC)cc1)C[C@H](O)[C@H](Cc1ccccc1)NC(=O)[C@H]([C@@H](C)CC)N1CCN(Cc2cccc(C)n2)C1=O. The van der Waals surface area contributed by atoms with E-state index in [1.807, 2.05) is 95.3 Å². The van der Waals surface area contributed by atoms with Crippen LogP contribution in [0.15, 0.2) is 72.8 Å². The summed E-state index contributed by atoms with van der Waals surface area (Å²) < 4.78 is 10.1. The fourth-order valence-corrected chi connectivity index (χ4v) is 6.81. The van der Waals surface area contributed by atoms with Crippen molar-refractivity contribution in [2.24, 2.45) is 11.8 Å². The number of carbonyl (C=O) groups excluding carboxylic acids is 4. The molecule has 1 aromatic heterocycles. The van der Waals surface area contributed by atoms with Gasteiger partial charge in [0.1, 0.15) is 17.8 Å². The zero-order valence-electron chi connectivity index (χ0n) is 33.7. The average molecular weight is 774 g/mol. The number of hydrogen-bond donors (Lipinski definition) is 4. The van der Waals surface area contributed by atoms with Crippen molar-refractivity contribution >= 4 is 23.9 Å². The van der Waals surface area contributed by atoms with Gasteiger partial charge < -0.3 is 35.0 Å². The molecule has 1 saturated heterocycles. The standard InChI is InChI=1S/C42H59N7O7/c1-8-28(3)37(45-41(53)56-7)39(51)46-48(25-32-18-20-34(55-6)21-19-32)27-36(50)35(24-31-15-11-10-12-16-31)44-40(52)38(29(4)9-2)49-23-22-47(42(49)54)26-33-17-13-14-30(5)43-33/h10-21,28-29,35-38,50H,8-9,22-27H2,1-7H3,(H,44,52)(H,45,53)(H,46,51)/t28?,29-,35-,36-,37-,38-/m0/s1. The molecule has 1 aliphatic heterocycles. The summed E-state index contributed by atoms with van der Waals surface area (Å²) in [5.74, 6) is -0.605. The molecule has 56 heavy (non-hydrogen) atoms. The summed E-state index contributed by atoms with van der Waals surface area (Å²) in [4.78, 5) is 62.2. The second-order valence-corrected chi connectivity index (χ2v) is 14.6. The van der Waals surface area contributed by atoms with Crippen molar-refractivity contribution in [3.8, 4) is 5.75 Å². The molecule has 1 unspecified atom stereocenters. The van der Waals surface area contributed by atoms with Crippen LogP contribution in [-0.4, -0.2) is 107 Å².